The summed E-state index contributed by atoms with van der Waals surface area (Å²) in [6, 6.07) is 8.67. The Morgan fingerprint density at radius 1 is 1.07 bits per heavy atom. The molecular weight excluding hydrogens is 186 g/mol. The fraction of sp³-hybridized carbons (Fsp3) is 0.538. The second-order valence-electron chi connectivity index (χ2n) is 4.58. The zero-order chi connectivity index (χ0) is 10.1. The van der Waals surface area contributed by atoms with Gasteiger partial charge in [0.25, 0.3) is 0 Å². The molecule has 1 heterocycles. The summed E-state index contributed by atoms with van der Waals surface area (Å²) >= 11 is 0. The van der Waals surface area contributed by atoms with Crippen molar-refractivity contribution in [1.82, 2.24) is 5.32 Å². The Morgan fingerprint density at radius 3 is 2.47 bits per heavy atom. The van der Waals surface area contributed by atoms with Crippen molar-refractivity contribution >= 4 is 0 Å². The molecule has 1 atom stereocenters. The maximum atomic E-state index is 5.73. The highest BCUT2D eigenvalue weighted by Crippen LogP contribution is 2.28. The predicted molar refractivity (Wildman–Crippen MR) is 60.3 cm³/mol. The Balaban J connectivity index is 1.68. The van der Waals surface area contributed by atoms with Crippen LogP contribution in [0.5, 0.6) is 5.75 Å². The molecule has 0 amide bonds. The van der Waals surface area contributed by atoms with Gasteiger partial charge >= 0.3 is 0 Å². The zero-order valence-electron chi connectivity index (χ0n) is 8.91. The molecule has 0 bridgehead atoms. The first-order chi connectivity index (χ1) is 7.42. The molecule has 2 heteroatoms. The molecule has 2 fully saturated rings. The average Bonchev–Trinajstić information content (AvgIpc) is 2.92. The Kier molecular flexibility index (Phi) is 2.37. The van der Waals surface area contributed by atoms with E-state index in [2.05, 4.69) is 29.6 Å². The summed E-state index contributed by atoms with van der Waals surface area (Å²) in [5, 5.41) is 3.40. The topological polar surface area (TPSA) is 21.3 Å². The van der Waals surface area contributed by atoms with Gasteiger partial charge in [0.15, 0.2) is 0 Å². The van der Waals surface area contributed by atoms with Crippen LogP contribution >= 0.6 is 0 Å². The lowest BCUT2D eigenvalue weighted by Crippen LogP contribution is -2.07. The smallest absolute Gasteiger partial charge is 0.119 e. The average molecular weight is 203 g/mol. The Labute approximate surface area is 90.6 Å². The quantitative estimate of drug-likeness (QED) is 0.814. The van der Waals surface area contributed by atoms with Crippen molar-refractivity contribution in [3.63, 3.8) is 0 Å². The van der Waals surface area contributed by atoms with Gasteiger partial charge in [-0.1, -0.05) is 12.1 Å². The molecule has 0 aromatic heterocycles. The highest BCUT2D eigenvalue weighted by atomic mass is 16.5. The third-order valence-corrected chi connectivity index (χ3v) is 3.24. The molecule has 1 saturated heterocycles. The predicted octanol–water partition coefficient (Wildman–Crippen LogP) is 2.30. The minimum absolute atomic E-state index is 0.504. The minimum Gasteiger partial charge on any atom is -0.490 e. The monoisotopic (exact) mass is 203 g/mol. The van der Waals surface area contributed by atoms with Gasteiger partial charge in [-0.15, -0.1) is 0 Å². The molecule has 1 aliphatic heterocycles. The molecule has 1 saturated carbocycles. The maximum Gasteiger partial charge on any atom is 0.119 e. The Hall–Kier alpha value is -1.02. The molecule has 15 heavy (non-hydrogen) atoms. The standard InChI is InChI=1S/C13H17NO/c1-3-12(15-13-5-6-13)4-2-10(1)11-7-8-14-9-11/h1-4,11,13-14H,5-9H2. The fourth-order valence-electron chi connectivity index (χ4n) is 2.14. The molecule has 2 nitrogen and oxygen atoms in total. The highest BCUT2D eigenvalue weighted by molar-refractivity contribution is 5.30. The highest BCUT2D eigenvalue weighted by Gasteiger charge is 2.23. The van der Waals surface area contributed by atoms with Crippen LogP contribution in [0.15, 0.2) is 24.3 Å². The van der Waals surface area contributed by atoms with Crippen LogP contribution in [0, 0.1) is 0 Å². The molecule has 3 rings (SSSR count). The van der Waals surface area contributed by atoms with E-state index in [0.717, 1.165) is 18.8 Å². The van der Waals surface area contributed by atoms with E-state index in [1.807, 2.05) is 0 Å². The van der Waals surface area contributed by atoms with E-state index >= 15 is 0 Å². The summed E-state index contributed by atoms with van der Waals surface area (Å²) < 4.78 is 5.73. The van der Waals surface area contributed by atoms with E-state index in [1.165, 1.54) is 24.8 Å². The van der Waals surface area contributed by atoms with Crippen molar-refractivity contribution in [2.24, 2.45) is 0 Å². The third kappa shape index (κ3) is 2.15. The summed E-state index contributed by atoms with van der Waals surface area (Å²) in [5.41, 5.74) is 1.45. The van der Waals surface area contributed by atoms with Gasteiger partial charge in [-0.25, -0.2) is 0 Å². The number of benzene rings is 1. The van der Waals surface area contributed by atoms with E-state index in [0.29, 0.717) is 12.0 Å². The lowest BCUT2D eigenvalue weighted by Gasteiger charge is -2.10. The van der Waals surface area contributed by atoms with Gasteiger partial charge in [-0.3, -0.25) is 0 Å². The number of hydrogen-bond acceptors (Lipinski definition) is 2. The van der Waals surface area contributed by atoms with Gasteiger partial charge in [0.2, 0.25) is 0 Å². The van der Waals surface area contributed by atoms with Crippen molar-refractivity contribution in [3.05, 3.63) is 29.8 Å². The van der Waals surface area contributed by atoms with Crippen LogP contribution in [0.1, 0.15) is 30.7 Å². The third-order valence-electron chi connectivity index (χ3n) is 3.24. The van der Waals surface area contributed by atoms with Crippen LogP contribution in [-0.4, -0.2) is 19.2 Å². The normalized spacial score (nSPS) is 25.5. The van der Waals surface area contributed by atoms with Crippen LogP contribution in [0.4, 0.5) is 0 Å². The molecule has 1 unspecified atom stereocenters. The van der Waals surface area contributed by atoms with E-state index in [9.17, 15) is 0 Å². The molecule has 0 radical (unpaired) electrons. The van der Waals surface area contributed by atoms with Crippen LogP contribution in [-0.2, 0) is 0 Å². The zero-order valence-corrected chi connectivity index (χ0v) is 8.91. The summed E-state index contributed by atoms with van der Waals surface area (Å²) in [6.45, 7) is 2.29. The fourth-order valence-corrected chi connectivity index (χ4v) is 2.14. The molecule has 80 valence electrons. The first kappa shape index (κ1) is 9.22. The van der Waals surface area contributed by atoms with Gasteiger partial charge in [0.05, 0.1) is 6.10 Å². The Bertz CT molecular complexity index is 323. The van der Waals surface area contributed by atoms with Crippen molar-refractivity contribution in [2.45, 2.75) is 31.3 Å². The summed E-state index contributed by atoms with van der Waals surface area (Å²) in [5.74, 6) is 1.74. The Morgan fingerprint density at radius 2 is 1.87 bits per heavy atom. The summed E-state index contributed by atoms with van der Waals surface area (Å²) in [7, 11) is 0. The molecule has 1 aliphatic carbocycles. The van der Waals surface area contributed by atoms with Crippen molar-refractivity contribution in [3.8, 4) is 5.75 Å². The van der Waals surface area contributed by atoms with E-state index in [4.69, 9.17) is 4.74 Å². The van der Waals surface area contributed by atoms with Crippen molar-refractivity contribution in [2.75, 3.05) is 13.1 Å². The maximum absolute atomic E-state index is 5.73. The van der Waals surface area contributed by atoms with Gasteiger partial charge in [0, 0.05) is 6.54 Å². The van der Waals surface area contributed by atoms with Crippen LogP contribution in [0.3, 0.4) is 0 Å². The lowest BCUT2D eigenvalue weighted by molar-refractivity contribution is 0.303. The van der Waals surface area contributed by atoms with Gasteiger partial charge in [0.1, 0.15) is 5.75 Å². The van der Waals surface area contributed by atoms with Gasteiger partial charge < -0.3 is 10.1 Å². The number of nitrogens with one attached hydrogen (secondary N) is 1. The number of ether oxygens (including phenoxy) is 1. The number of hydrogen-bond donors (Lipinski definition) is 1. The van der Waals surface area contributed by atoms with Gasteiger partial charge in [-0.05, 0) is 49.4 Å². The van der Waals surface area contributed by atoms with E-state index < -0.39 is 0 Å². The first-order valence-corrected chi connectivity index (χ1v) is 5.89. The lowest BCUT2D eigenvalue weighted by atomic mass is 9.98. The SMILES string of the molecule is c1cc(C2CCNC2)ccc1OC1CC1. The van der Waals surface area contributed by atoms with E-state index in [1.54, 1.807) is 0 Å². The van der Waals surface area contributed by atoms with Crippen LogP contribution < -0.4 is 10.1 Å². The summed E-state index contributed by atoms with van der Waals surface area (Å²) in [4.78, 5) is 0. The molecule has 2 aliphatic rings. The molecule has 0 spiro atoms. The molecule has 1 aromatic carbocycles. The summed E-state index contributed by atoms with van der Waals surface area (Å²) in [6.07, 6.45) is 4.23. The molecule has 1 N–H and O–H groups in total. The second kappa shape index (κ2) is 3.86. The second-order valence-corrected chi connectivity index (χ2v) is 4.58. The number of rotatable bonds is 3. The van der Waals surface area contributed by atoms with Gasteiger partial charge in [-0.2, -0.15) is 0 Å². The first-order valence-electron chi connectivity index (χ1n) is 5.89. The molecule has 1 aromatic rings. The minimum atomic E-state index is 0.504. The van der Waals surface area contributed by atoms with Crippen LogP contribution in [0.2, 0.25) is 0 Å². The van der Waals surface area contributed by atoms with Crippen molar-refractivity contribution < 1.29 is 4.74 Å². The van der Waals surface area contributed by atoms with Crippen LogP contribution in [0.25, 0.3) is 0 Å². The van der Waals surface area contributed by atoms with E-state index in [-0.39, 0.29) is 0 Å². The molecular formula is C13H17NO. The van der Waals surface area contributed by atoms with Crippen molar-refractivity contribution in [1.29, 1.82) is 0 Å². The largest absolute Gasteiger partial charge is 0.490 e.